The molecule has 1 heterocycles. The number of aromatic nitrogens is 3. The van der Waals surface area contributed by atoms with Gasteiger partial charge in [0, 0.05) is 19.7 Å². The van der Waals surface area contributed by atoms with Crippen LogP contribution in [0.4, 0.5) is 0 Å². The zero-order valence-corrected chi connectivity index (χ0v) is 16.2. The van der Waals surface area contributed by atoms with E-state index in [1.54, 1.807) is 7.11 Å². The lowest BCUT2D eigenvalue weighted by Crippen LogP contribution is -2.44. The summed E-state index contributed by atoms with van der Waals surface area (Å²) in [6.07, 6.45) is 2.97. The summed E-state index contributed by atoms with van der Waals surface area (Å²) in [6, 6.07) is 0. The molecule has 0 bridgehead atoms. The predicted molar refractivity (Wildman–Crippen MR) is 94.1 cm³/mol. The summed E-state index contributed by atoms with van der Waals surface area (Å²) in [7, 11) is 6.10. The monoisotopic (exact) mass is 343 g/mol. The molecule has 0 unspecified atom stereocenters. The fourth-order valence-electron chi connectivity index (χ4n) is 2.05. The number of hydrogen-bond donors (Lipinski definition) is 0. The smallest absolute Gasteiger partial charge is 0.102 e. The lowest BCUT2D eigenvalue weighted by Gasteiger charge is -2.29. The molecule has 0 aliphatic carbocycles. The molecule has 0 spiro atoms. The van der Waals surface area contributed by atoms with Gasteiger partial charge in [0.25, 0.3) is 0 Å². The molecule has 1 aromatic rings. The summed E-state index contributed by atoms with van der Waals surface area (Å²) in [6.45, 7) is 11.6. The van der Waals surface area contributed by atoms with E-state index in [1.165, 1.54) is 0 Å². The lowest BCUT2D eigenvalue weighted by atomic mass is 10.1. The van der Waals surface area contributed by atoms with Gasteiger partial charge >= 0.3 is 0 Å². The molecule has 0 fully saturated rings. The van der Waals surface area contributed by atoms with E-state index in [2.05, 4.69) is 45.2 Å². The van der Waals surface area contributed by atoms with Crippen LogP contribution in [0.15, 0.2) is 6.20 Å². The third-order valence-corrected chi connectivity index (χ3v) is 3.85. The van der Waals surface area contributed by atoms with E-state index < -0.39 is 0 Å². The van der Waals surface area contributed by atoms with Gasteiger partial charge in [0.2, 0.25) is 0 Å². The van der Waals surface area contributed by atoms with Gasteiger partial charge in [-0.2, -0.15) is 0 Å². The molecule has 7 nitrogen and oxygen atoms in total. The molecule has 0 aliphatic heterocycles. The normalized spacial score (nSPS) is 12.8. The van der Waals surface area contributed by atoms with Crippen molar-refractivity contribution in [2.24, 2.45) is 0 Å². The first kappa shape index (κ1) is 21.0. The molecule has 0 saturated heterocycles. The highest BCUT2D eigenvalue weighted by Crippen LogP contribution is 2.12. The fourth-order valence-corrected chi connectivity index (χ4v) is 2.05. The third-order valence-electron chi connectivity index (χ3n) is 3.85. The molecule has 0 atom stereocenters. The molecule has 7 heteroatoms. The van der Waals surface area contributed by atoms with Crippen molar-refractivity contribution in [1.29, 1.82) is 0 Å². The second kappa shape index (κ2) is 10.1. The van der Waals surface area contributed by atoms with Gasteiger partial charge in [0.15, 0.2) is 0 Å². The molecule has 0 aromatic carbocycles. The van der Waals surface area contributed by atoms with Crippen LogP contribution in [0.1, 0.15) is 26.5 Å². The molecular formula is C17H35N4O3+. The summed E-state index contributed by atoms with van der Waals surface area (Å²) in [5, 5.41) is 8.49. The van der Waals surface area contributed by atoms with Crippen molar-refractivity contribution in [3.8, 4) is 0 Å². The number of methoxy groups -OCH3 is 1. The zero-order chi connectivity index (χ0) is 18.1. The van der Waals surface area contributed by atoms with Crippen LogP contribution in [-0.2, 0) is 26.2 Å². The molecule has 0 N–H and O–H groups in total. The van der Waals surface area contributed by atoms with E-state index in [9.17, 15) is 0 Å². The van der Waals surface area contributed by atoms with Crippen molar-refractivity contribution in [2.75, 3.05) is 67.3 Å². The average molecular weight is 343 g/mol. The molecule has 1 rings (SSSR count). The van der Waals surface area contributed by atoms with Crippen LogP contribution < -0.4 is 0 Å². The van der Waals surface area contributed by atoms with Gasteiger partial charge in [-0.3, -0.25) is 0 Å². The Morgan fingerprint density at radius 1 is 1.00 bits per heavy atom. The Labute approximate surface area is 146 Å². The summed E-state index contributed by atoms with van der Waals surface area (Å²) >= 11 is 0. The number of ether oxygens (including phenoxy) is 3. The minimum atomic E-state index is -0.0191. The van der Waals surface area contributed by atoms with Crippen LogP contribution in [0.5, 0.6) is 0 Å². The Balaban J connectivity index is 2.18. The molecule has 0 saturated carbocycles. The molecule has 0 radical (unpaired) electrons. The van der Waals surface area contributed by atoms with Crippen LogP contribution in [-0.4, -0.2) is 86.8 Å². The topological polar surface area (TPSA) is 58.4 Å². The average Bonchev–Trinajstić information content (AvgIpc) is 2.97. The Bertz CT molecular complexity index is 455. The first-order valence-electron chi connectivity index (χ1n) is 8.63. The quantitative estimate of drug-likeness (QED) is 0.423. The summed E-state index contributed by atoms with van der Waals surface area (Å²) in [5.41, 5.74) is 1.03. The number of hydrogen-bond acceptors (Lipinski definition) is 5. The second-order valence-electron chi connectivity index (χ2n) is 7.68. The van der Waals surface area contributed by atoms with Gasteiger partial charge in [0.05, 0.1) is 64.9 Å². The Morgan fingerprint density at radius 3 is 2.21 bits per heavy atom. The lowest BCUT2D eigenvalue weighted by molar-refractivity contribution is -0.890. The Kier molecular flexibility index (Phi) is 8.83. The molecular weight excluding hydrogens is 308 g/mol. The Morgan fingerprint density at radius 2 is 1.62 bits per heavy atom. The third kappa shape index (κ3) is 8.73. The van der Waals surface area contributed by atoms with Crippen LogP contribution in [0.25, 0.3) is 0 Å². The van der Waals surface area contributed by atoms with Crippen molar-refractivity contribution < 1.29 is 18.7 Å². The van der Waals surface area contributed by atoms with E-state index >= 15 is 0 Å². The number of nitrogens with zero attached hydrogens (tertiary/aromatic N) is 4. The summed E-state index contributed by atoms with van der Waals surface area (Å²) in [5.74, 6) is 0. The zero-order valence-electron chi connectivity index (χ0n) is 16.2. The van der Waals surface area contributed by atoms with E-state index in [1.807, 2.05) is 10.9 Å². The number of rotatable bonds is 12. The maximum absolute atomic E-state index is 5.64. The molecule has 140 valence electrons. The first-order valence-corrected chi connectivity index (χ1v) is 8.63. The van der Waals surface area contributed by atoms with Crippen molar-refractivity contribution in [2.45, 2.75) is 32.7 Å². The van der Waals surface area contributed by atoms with Gasteiger partial charge in [-0.1, -0.05) is 5.21 Å². The van der Waals surface area contributed by atoms with Crippen molar-refractivity contribution in [3.63, 3.8) is 0 Å². The largest absolute Gasteiger partial charge is 0.382 e. The van der Waals surface area contributed by atoms with Gasteiger partial charge in [-0.15, -0.1) is 5.10 Å². The SMILES string of the molecule is COCCOCCOCC[N+](C)(C)CCc1cn(C(C)(C)C)nn1. The van der Waals surface area contributed by atoms with E-state index in [0.29, 0.717) is 26.4 Å². The van der Waals surface area contributed by atoms with Gasteiger partial charge in [-0.25, -0.2) is 4.68 Å². The summed E-state index contributed by atoms with van der Waals surface area (Å²) in [4.78, 5) is 0. The van der Waals surface area contributed by atoms with Crippen LogP contribution in [0.2, 0.25) is 0 Å². The Hall–Kier alpha value is -1.02. The summed E-state index contributed by atoms with van der Waals surface area (Å²) < 4.78 is 18.7. The first-order chi connectivity index (χ1) is 11.2. The van der Waals surface area contributed by atoms with Crippen LogP contribution >= 0.6 is 0 Å². The highest BCUT2D eigenvalue weighted by molar-refractivity contribution is 4.94. The van der Waals surface area contributed by atoms with Gasteiger partial charge in [-0.05, 0) is 20.8 Å². The van der Waals surface area contributed by atoms with E-state index in [4.69, 9.17) is 14.2 Å². The fraction of sp³-hybridized carbons (Fsp3) is 0.882. The highest BCUT2D eigenvalue weighted by Gasteiger charge is 2.18. The maximum Gasteiger partial charge on any atom is 0.102 e. The standard InChI is InChI=1S/C17H35N4O3/c1-17(2,3)20-15-16(18-19-20)7-8-21(4,5)9-10-23-13-14-24-12-11-22-6/h15H,7-14H2,1-6H3/q+1. The second-order valence-corrected chi connectivity index (χ2v) is 7.68. The van der Waals surface area contributed by atoms with E-state index in [0.717, 1.165) is 36.3 Å². The molecule has 24 heavy (non-hydrogen) atoms. The minimum absolute atomic E-state index is 0.0191. The molecule has 1 aromatic heterocycles. The van der Waals surface area contributed by atoms with E-state index in [-0.39, 0.29) is 5.54 Å². The van der Waals surface area contributed by atoms with Crippen molar-refractivity contribution >= 4 is 0 Å². The van der Waals surface area contributed by atoms with Crippen molar-refractivity contribution in [3.05, 3.63) is 11.9 Å². The number of likely N-dealkylation sites (N-methyl/N-ethyl adjacent to an activating group) is 1. The van der Waals surface area contributed by atoms with Crippen LogP contribution in [0.3, 0.4) is 0 Å². The van der Waals surface area contributed by atoms with Crippen molar-refractivity contribution in [1.82, 2.24) is 15.0 Å². The minimum Gasteiger partial charge on any atom is -0.382 e. The predicted octanol–water partition coefficient (Wildman–Crippen LogP) is 1.33. The maximum atomic E-state index is 5.64. The molecule has 0 aliphatic rings. The van der Waals surface area contributed by atoms with Gasteiger partial charge < -0.3 is 18.7 Å². The number of quaternary nitrogens is 1. The molecule has 0 amide bonds. The van der Waals surface area contributed by atoms with Crippen LogP contribution in [0, 0.1) is 0 Å². The highest BCUT2D eigenvalue weighted by atomic mass is 16.5. The van der Waals surface area contributed by atoms with Gasteiger partial charge in [0.1, 0.15) is 6.54 Å².